The Morgan fingerprint density at radius 2 is 1.72 bits per heavy atom. The van der Waals surface area contributed by atoms with Crippen LogP contribution in [0.5, 0.6) is 0 Å². The van der Waals surface area contributed by atoms with E-state index in [0.29, 0.717) is 17.7 Å². The average Bonchev–Trinajstić information content (AvgIpc) is 2.64. The van der Waals surface area contributed by atoms with Crippen LogP contribution in [-0.2, 0) is 0 Å². The third-order valence-corrected chi connectivity index (χ3v) is 4.02. The lowest BCUT2D eigenvalue weighted by Crippen LogP contribution is -2.19. The van der Waals surface area contributed by atoms with E-state index in [9.17, 15) is 0 Å². The van der Waals surface area contributed by atoms with E-state index in [0.717, 1.165) is 17.9 Å². The van der Waals surface area contributed by atoms with Crippen LogP contribution in [0.2, 0.25) is 0 Å². The maximum absolute atomic E-state index is 4.61. The van der Waals surface area contributed by atoms with Crippen LogP contribution in [0.3, 0.4) is 0 Å². The summed E-state index contributed by atoms with van der Waals surface area (Å²) in [4.78, 5) is 6.64. The molecule has 0 saturated heterocycles. The van der Waals surface area contributed by atoms with E-state index in [-0.39, 0.29) is 0 Å². The lowest BCUT2D eigenvalue weighted by molar-refractivity contribution is 0.867. The molecular formula is C20H23N5. The Labute approximate surface area is 148 Å². The summed E-state index contributed by atoms with van der Waals surface area (Å²) in [6.07, 6.45) is 1.64. The molecule has 5 heteroatoms. The van der Waals surface area contributed by atoms with Crippen molar-refractivity contribution >= 4 is 23.1 Å². The van der Waals surface area contributed by atoms with Gasteiger partial charge in [-0.05, 0) is 42.7 Å². The lowest BCUT2D eigenvalue weighted by atomic mass is 10.0. The highest BCUT2D eigenvalue weighted by molar-refractivity contribution is 5.60. The molecule has 0 aliphatic heterocycles. The van der Waals surface area contributed by atoms with Crippen molar-refractivity contribution in [2.75, 3.05) is 16.8 Å². The summed E-state index contributed by atoms with van der Waals surface area (Å²) in [5, 5.41) is 11.6. The first-order valence-corrected chi connectivity index (χ1v) is 8.56. The van der Waals surface area contributed by atoms with Gasteiger partial charge < -0.3 is 10.2 Å². The highest BCUT2D eigenvalue weighted by Crippen LogP contribution is 2.23. The van der Waals surface area contributed by atoms with Gasteiger partial charge in [-0.25, -0.2) is 0 Å². The number of para-hydroxylation sites is 1. The van der Waals surface area contributed by atoms with Gasteiger partial charge in [-0.1, -0.05) is 44.2 Å². The minimum Gasteiger partial charge on any atom is -0.339 e. The molecule has 3 aromatic rings. The van der Waals surface area contributed by atoms with Crippen LogP contribution in [0.4, 0.5) is 23.1 Å². The summed E-state index contributed by atoms with van der Waals surface area (Å²) >= 11 is 0. The van der Waals surface area contributed by atoms with Gasteiger partial charge in [-0.3, -0.25) is 0 Å². The number of rotatable bonds is 6. The SMILES string of the molecule is CCN(c1ccccc1)c1nncc(Nc2ccc(C(C)C)cc2)n1. The molecule has 0 saturated carbocycles. The standard InChI is InChI=1S/C20H23N5/c1-4-25(18-8-6-5-7-9-18)20-23-19(14-21-24-20)22-17-12-10-16(11-13-17)15(2)3/h5-15H,4H2,1-3H3,(H,22,23,24). The van der Waals surface area contributed by atoms with Crippen LogP contribution < -0.4 is 10.2 Å². The Kier molecular flexibility index (Phi) is 5.23. The molecule has 0 radical (unpaired) electrons. The molecule has 25 heavy (non-hydrogen) atoms. The number of aromatic nitrogens is 3. The van der Waals surface area contributed by atoms with E-state index in [1.165, 1.54) is 5.56 Å². The van der Waals surface area contributed by atoms with E-state index < -0.39 is 0 Å². The molecule has 1 heterocycles. The number of benzene rings is 2. The molecule has 0 bridgehead atoms. The maximum atomic E-state index is 4.61. The molecular weight excluding hydrogens is 310 g/mol. The van der Waals surface area contributed by atoms with Gasteiger partial charge in [-0.15, -0.1) is 5.10 Å². The average molecular weight is 333 g/mol. The van der Waals surface area contributed by atoms with Crippen LogP contribution in [0.15, 0.2) is 60.8 Å². The van der Waals surface area contributed by atoms with Crippen LogP contribution in [0, 0.1) is 0 Å². The Hall–Kier alpha value is -2.95. The molecule has 0 amide bonds. The number of hydrogen-bond acceptors (Lipinski definition) is 5. The van der Waals surface area contributed by atoms with Gasteiger partial charge in [0.1, 0.15) is 0 Å². The van der Waals surface area contributed by atoms with E-state index >= 15 is 0 Å². The second kappa shape index (κ2) is 7.75. The summed E-state index contributed by atoms with van der Waals surface area (Å²) in [6, 6.07) is 18.5. The van der Waals surface area contributed by atoms with Crippen molar-refractivity contribution in [2.45, 2.75) is 26.7 Å². The predicted octanol–water partition coefficient (Wildman–Crippen LogP) is 4.90. The minimum atomic E-state index is 0.519. The molecule has 1 aromatic heterocycles. The second-order valence-corrected chi connectivity index (χ2v) is 6.12. The molecule has 5 nitrogen and oxygen atoms in total. The Bertz CT molecular complexity index is 800. The smallest absolute Gasteiger partial charge is 0.251 e. The fourth-order valence-electron chi connectivity index (χ4n) is 2.62. The predicted molar refractivity (Wildman–Crippen MR) is 103 cm³/mol. The third kappa shape index (κ3) is 4.12. The quantitative estimate of drug-likeness (QED) is 0.695. The van der Waals surface area contributed by atoms with Crippen LogP contribution in [-0.4, -0.2) is 21.7 Å². The van der Waals surface area contributed by atoms with Crippen molar-refractivity contribution in [2.24, 2.45) is 0 Å². The first-order chi connectivity index (χ1) is 12.2. The van der Waals surface area contributed by atoms with Crippen LogP contribution in [0.1, 0.15) is 32.3 Å². The zero-order valence-corrected chi connectivity index (χ0v) is 14.8. The molecule has 128 valence electrons. The zero-order chi connectivity index (χ0) is 17.6. The highest BCUT2D eigenvalue weighted by atomic mass is 15.3. The monoisotopic (exact) mass is 333 g/mol. The normalized spacial score (nSPS) is 10.7. The first kappa shape index (κ1) is 16.9. The van der Waals surface area contributed by atoms with Gasteiger partial charge in [0.05, 0.1) is 6.20 Å². The fraction of sp³-hybridized carbons (Fsp3) is 0.250. The lowest BCUT2D eigenvalue weighted by Gasteiger charge is -2.20. The molecule has 0 unspecified atom stereocenters. The summed E-state index contributed by atoms with van der Waals surface area (Å²) < 4.78 is 0. The summed E-state index contributed by atoms with van der Waals surface area (Å²) in [6.45, 7) is 7.21. The highest BCUT2D eigenvalue weighted by Gasteiger charge is 2.11. The van der Waals surface area contributed by atoms with E-state index in [2.05, 4.69) is 65.5 Å². The van der Waals surface area contributed by atoms with Gasteiger partial charge in [-0.2, -0.15) is 10.1 Å². The first-order valence-electron chi connectivity index (χ1n) is 8.56. The molecule has 0 atom stereocenters. The number of nitrogens with one attached hydrogen (secondary N) is 1. The summed E-state index contributed by atoms with van der Waals surface area (Å²) in [5.74, 6) is 1.78. The topological polar surface area (TPSA) is 53.9 Å². The molecule has 1 N–H and O–H groups in total. The van der Waals surface area contributed by atoms with E-state index in [4.69, 9.17) is 0 Å². The Morgan fingerprint density at radius 1 is 1.00 bits per heavy atom. The van der Waals surface area contributed by atoms with Crippen LogP contribution >= 0.6 is 0 Å². The van der Waals surface area contributed by atoms with Crippen molar-refractivity contribution in [3.8, 4) is 0 Å². The Morgan fingerprint density at radius 3 is 2.36 bits per heavy atom. The van der Waals surface area contributed by atoms with E-state index in [1.807, 2.05) is 35.2 Å². The van der Waals surface area contributed by atoms with E-state index in [1.54, 1.807) is 6.20 Å². The summed E-state index contributed by atoms with van der Waals surface area (Å²) in [5.41, 5.74) is 3.34. The molecule has 3 rings (SSSR count). The number of hydrogen-bond donors (Lipinski definition) is 1. The van der Waals surface area contributed by atoms with Gasteiger partial charge in [0.2, 0.25) is 0 Å². The van der Waals surface area contributed by atoms with Crippen molar-refractivity contribution in [3.63, 3.8) is 0 Å². The van der Waals surface area contributed by atoms with Crippen molar-refractivity contribution in [1.29, 1.82) is 0 Å². The molecule has 0 aliphatic rings. The molecule has 0 spiro atoms. The minimum absolute atomic E-state index is 0.519. The van der Waals surface area contributed by atoms with Crippen molar-refractivity contribution in [3.05, 3.63) is 66.4 Å². The van der Waals surface area contributed by atoms with Gasteiger partial charge in [0.25, 0.3) is 5.95 Å². The molecule has 2 aromatic carbocycles. The number of nitrogens with zero attached hydrogens (tertiary/aromatic N) is 4. The van der Waals surface area contributed by atoms with Gasteiger partial charge in [0, 0.05) is 17.9 Å². The second-order valence-electron chi connectivity index (χ2n) is 6.12. The zero-order valence-electron chi connectivity index (χ0n) is 14.8. The van der Waals surface area contributed by atoms with Gasteiger partial charge >= 0.3 is 0 Å². The van der Waals surface area contributed by atoms with Gasteiger partial charge in [0.15, 0.2) is 5.82 Å². The molecule has 0 fully saturated rings. The fourth-order valence-corrected chi connectivity index (χ4v) is 2.62. The number of anilines is 4. The maximum Gasteiger partial charge on any atom is 0.251 e. The Balaban J connectivity index is 1.81. The summed E-state index contributed by atoms with van der Waals surface area (Å²) in [7, 11) is 0. The largest absolute Gasteiger partial charge is 0.339 e. The van der Waals surface area contributed by atoms with Crippen molar-refractivity contribution < 1.29 is 0 Å². The van der Waals surface area contributed by atoms with Crippen molar-refractivity contribution in [1.82, 2.24) is 15.2 Å². The molecule has 0 aliphatic carbocycles. The van der Waals surface area contributed by atoms with Crippen LogP contribution in [0.25, 0.3) is 0 Å². The third-order valence-electron chi connectivity index (χ3n) is 4.02.